The molecule has 0 fully saturated rings. The number of benzene rings is 1. The fourth-order valence-corrected chi connectivity index (χ4v) is 1.23. The van der Waals surface area contributed by atoms with Crippen LogP contribution in [0.2, 0.25) is 5.02 Å². The molecule has 1 aromatic rings. The van der Waals surface area contributed by atoms with Crippen molar-refractivity contribution in [1.29, 1.82) is 5.26 Å². The van der Waals surface area contributed by atoms with Gasteiger partial charge in [0.1, 0.15) is 6.07 Å². The SMILES string of the molecule is COC(=O)C(C#N)=NNc1cccc(Cl)c1C. The third-order valence-corrected chi connectivity index (χ3v) is 2.45. The van der Waals surface area contributed by atoms with Gasteiger partial charge in [-0.05, 0) is 24.6 Å². The molecule has 5 nitrogen and oxygen atoms in total. The van der Waals surface area contributed by atoms with E-state index in [4.69, 9.17) is 16.9 Å². The van der Waals surface area contributed by atoms with Crippen molar-refractivity contribution in [2.24, 2.45) is 5.10 Å². The Kier molecular flexibility index (Phi) is 4.49. The Bertz CT molecular complexity index is 506. The average molecular weight is 252 g/mol. The third-order valence-electron chi connectivity index (χ3n) is 2.04. The quantitative estimate of drug-likeness (QED) is 0.507. The molecule has 0 spiro atoms. The van der Waals surface area contributed by atoms with E-state index in [9.17, 15) is 4.79 Å². The molecule has 6 heteroatoms. The van der Waals surface area contributed by atoms with Gasteiger partial charge in [0, 0.05) is 5.02 Å². The summed E-state index contributed by atoms with van der Waals surface area (Å²) in [5, 5.41) is 12.9. The van der Waals surface area contributed by atoms with Crippen LogP contribution >= 0.6 is 11.6 Å². The van der Waals surface area contributed by atoms with E-state index in [1.54, 1.807) is 31.2 Å². The lowest BCUT2D eigenvalue weighted by atomic mass is 10.2. The molecule has 1 aromatic carbocycles. The molecule has 0 bridgehead atoms. The van der Waals surface area contributed by atoms with E-state index in [-0.39, 0.29) is 5.71 Å². The first-order valence-electron chi connectivity index (χ1n) is 4.67. The first-order valence-corrected chi connectivity index (χ1v) is 5.05. The summed E-state index contributed by atoms with van der Waals surface area (Å²) in [4.78, 5) is 11.1. The molecule has 1 N–H and O–H groups in total. The van der Waals surface area contributed by atoms with Crippen molar-refractivity contribution in [2.75, 3.05) is 12.5 Å². The third kappa shape index (κ3) is 3.20. The summed E-state index contributed by atoms with van der Waals surface area (Å²) in [6.07, 6.45) is 0. The summed E-state index contributed by atoms with van der Waals surface area (Å²) in [5.74, 6) is -0.792. The molecular formula is C11H10ClN3O2. The summed E-state index contributed by atoms with van der Waals surface area (Å²) in [5.41, 5.74) is 3.64. The normalized spacial score (nSPS) is 10.6. The molecule has 17 heavy (non-hydrogen) atoms. The van der Waals surface area contributed by atoms with Crippen LogP contribution in [0.15, 0.2) is 23.3 Å². The second-order valence-electron chi connectivity index (χ2n) is 3.09. The zero-order valence-electron chi connectivity index (χ0n) is 9.32. The highest BCUT2D eigenvalue weighted by Gasteiger charge is 2.10. The van der Waals surface area contributed by atoms with Gasteiger partial charge in [0.25, 0.3) is 0 Å². The topological polar surface area (TPSA) is 74.5 Å². The Balaban J connectivity index is 2.93. The largest absolute Gasteiger partial charge is 0.464 e. The number of nitriles is 1. The Morgan fingerprint density at radius 3 is 2.88 bits per heavy atom. The van der Waals surface area contributed by atoms with Gasteiger partial charge in [0.05, 0.1) is 12.8 Å². The number of carbonyl (C=O) groups excluding carboxylic acids is 1. The van der Waals surface area contributed by atoms with Crippen molar-refractivity contribution >= 4 is 29.0 Å². The second kappa shape index (κ2) is 5.87. The number of nitrogens with zero attached hydrogens (tertiary/aromatic N) is 2. The molecule has 0 saturated heterocycles. The van der Waals surface area contributed by atoms with Crippen LogP contribution in [0.25, 0.3) is 0 Å². The number of ether oxygens (including phenoxy) is 1. The minimum Gasteiger partial charge on any atom is -0.464 e. The molecule has 0 heterocycles. The van der Waals surface area contributed by atoms with Gasteiger partial charge < -0.3 is 4.74 Å². The fourth-order valence-electron chi connectivity index (χ4n) is 1.06. The molecule has 88 valence electrons. The Morgan fingerprint density at radius 1 is 1.59 bits per heavy atom. The highest BCUT2D eigenvalue weighted by Crippen LogP contribution is 2.22. The van der Waals surface area contributed by atoms with Crippen molar-refractivity contribution < 1.29 is 9.53 Å². The standard InChI is InChI=1S/C11H10ClN3O2/c1-7-8(12)4-3-5-9(7)14-15-10(6-13)11(16)17-2/h3-5,14H,1-2H3. The van der Waals surface area contributed by atoms with Crippen LogP contribution < -0.4 is 5.43 Å². The van der Waals surface area contributed by atoms with E-state index in [0.717, 1.165) is 5.56 Å². The fraction of sp³-hybridized carbons (Fsp3) is 0.182. The molecule has 0 amide bonds. The monoisotopic (exact) mass is 251 g/mol. The molecule has 0 aliphatic heterocycles. The molecule has 0 aromatic heterocycles. The minimum absolute atomic E-state index is 0.355. The summed E-state index contributed by atoms with van der Waals surface area (Å²) in [6.45, 7) is 1.80. The zero-order valence-corrected chi connectivity index (χ0v) is 10.1. The summed E-state index contributed by atoms with van der Waals surface area (Å²) >= 11 is 5.91. The van der Waals surface area contributed by atoms with Crippen LogP contribution in [0.3, 0.4) is 0 Å². The number of carbonyl (C=O) groups is 1. The van der Waals surface area contributed by atoms with E-state index in [1.807, 2.05) is 0 Å². The molecular weight excluding hydrogens is 242 g/mol. The maximum atomic E-state index is 11.1. The van der Waals surface area contributed by atoms with E-state index < -0.39 is 5.97 Å². The van der Waals surface area contributed by atoms with E-state index >= 15 is 0 Å². The van der Waals surface area contributed by atoms with Crippen LogP contribution in [-0.4, -0.2) is 18.8 Å². The van der Waals surface area contributed by atoms with E-state index in [1.165, 1.54) is 7.11 Å². The molecule has 0 aliphatic rings. The lowest BCUT2D eigenvalue weighted by Gasteiger charge is -2.06. The molecule has 0 unspecified atom stereocenters. The van der Waals surface area contributed by atoms with E-state index in [0.29, 0.717) is 10.7 Å². The van der Waals surface area contributed by atoms with Crippen LogP contribution in [0.5, 0.6) is 0 Å². The molecule has 0 atom stereocenters. The number of methoxy groups -OCH3 is 1. The van der Waals surface area contributed by atoms with Crippen LogP contribution in [0, 0.1) is 18.3 Å². The number of anilines is 1. The number of hydrogen-bond donors (Lipinski definition) is 1. The van der Waals surface area contributed by atoms with Crippen molar-refractivity contribution in [2.45, 2.75) is 6.92 Å². The average Bonchev–Trinajstić information content (AvgIpc) is 2.34. The van der Waals surface area contributed by atoms with Crippen molar-refractivity contribution in [3.05, 3.63) is 28.8 Å². The number of nitrogens with one attached hydrogen (secondary N) is 1. The van der Waals surface area contributed by atoms with Gasteiger partial charge in [-0.1, -0.05) is 17.7 Å². The summed E-state index contributed by atoms with van der Waals surface area (Å²) < 4.78 is 4.39. The van der Waals surface area contributed by atoms with Gasteiger partial charge in [-0.2, -0.15) is 10.4 Å². The minimum atomic E-state index is -0.792. The molecule has 0 radical (unpaired) electrons. The Labute approximate surface area is 104 Å². The van der Waals surface area contributed by atoms with Crippen LogP contribution in [0.1, 0.15) is 5.56 Å². The van der Waals surface area contributed by atoms with Crippen molar-refractivity contribution in [3.63, 3.8) is 0 Å². The number of halogens is 1. The lowest BCUT2D eigenvalue weighted by molar-refractivity contribution is -0.132. The molecule has 0 saturated carbocycles. The van der Waals surface area contributed by atoms with Crippen LogP contribution in [0.4, 0.5) is 5.69 Å². The first kappa shape index (κ1) is 13.0. The summed E-state index contributed by atoms with van der Waals surface area (Å²) in [6, 6.07) is 6.84. The maximum Gasteiger partial charge on any atom is 0.369 e. The maximum absolute atomic E-state index is 11.1. The lowest BCUT2D eigenvalue weighted by Crippen LogP contribution is -2.15. The van der Waals surface area contributed by atoms with Gasteiger partial charge in [0.2, 0.25) is 5.71 Å². The first-order chi connectivity index (χ1) is 8.10. The number of hydrazone groups is 1. The molecule has 1 rings (SSSR count). The Hall–Kier alpha value is -2.06. The predicted molar refractivity (Wildman–Crippen MR) is 64.9 cm³/mol. The second-order valence-corrected chi connectivity index (χ2v) is 3.50. The smallest absolute Gasteiger partial charge is 0.369 e. The van der Waals surface area contributed by atoms with Crippen molar-refractivity contribution in [1.82, 2.24) is 0 Å². The Morgan fingerprint density at radius 2 is 2.29 bits per heavy atom. The van der Waals surface area contributed by atoms with Crippen molar-refractivity contribution in [3.8, 4) is 6.07 Å². The van der Waals surface area contributed by atoms with Gasteiger partial charge in [-0.3, -0.25) is 5.43 Å². The summed E-state index contributed by atoms with van der Waals surface area (Å²) in [7, 11) is 1.18. The highest BCUT2D eigenvalue weighted by atomic mass is 35.5. The van der Waals surface area contributed by atoms with Gasteiger partial charge in [0.15, 0.2) is 0 Å². The number of esters is 1. The van der Waals surface area contributed by atoms with Gasteiger partial charge >= 0.3 is 5.97 Å². The zero-order chi connectivity index (χ0) is 12.8. The van der Waals surface area contributed by atoms with Gasteiger partial charge in [-0.25, -0.2) is 4.79 Å². The van der Waals surface area contributed by atoms with Gasteiger partial charge in [-0.15, -0.1) is 0 Å². The van der Waals surface area contributed by atoms with Crippen LogP contribution in [-0.2, 0) is 9.53 Å². The highest BCUT2D eigenvalue weighted by molar-refractivity contribution is 6.43. The number of rotatable bonds is 3. The molecule has 0 aliphatic carbocycles. The van der Waals surface area contributed by atoms with E-state index in [2.05, 4.69) is 15.3 Å². The number of hydrogen-bond acceptors (Lipinski definition) is 5. The predicted octanol–water partition coefficient (Wildman–Crippen LogP) is 2.11.